The number of halogens is 1. The van der Waals surface area contributed by atoms with Crippen LogP contribution in [0.3, 0.4) is 0 Å². The van der Waals surface area contributed by atoms with Gasteiger partial charge >= 0.3 is 0 Å². The Morgan fingerprint density at radius 1 is 1.32 bits per heavy atom. The maximum atomic E-state index is 6.11. The Labute approximate surface area is 118 Å². The third-order valence-corrected chi connectivity index (χ3v) is 2.95. The van der Waals surface area contributed by atoms with E-state index in [2.05, 4.69) is 4.98 Å². The number of benzene rings is 1. The minimum absolute atomic E-state index is 0.125. The number of pyridine rings is 1. The molecule has 0 saturated carbocycles. The Kier molecular flexibility index (Phi) is 4.40. The first-order valence-corrected chi connectivity index (χ1v) is 6.57. The Bertz CT molecular complexity index is 553. The zero-order valence-corrected chi connectivity index (χ0v) is 11.8. The molecule has 0 spiro atoms. The highest BCUT2D eigenvalue weighted by atomic mass is 35.5. The molecular formula is C15H17ClN2O. The summed E-state index contributed by atoms with van der Waals surface area (Å²) in [6, 6.07) is 9.57. The van der Waals surface area contributed by atoms with Crippen molar-refractivity contribution in [1.82, 2.24) is 4.98 Å². The molecule has 19 heavy (non-hydrogen) atoms. The van der Waals surface area contributed by atoms with Crippen LogP contribution >= 0.6 is 11.6 Å². The molecule has 100 valence electrons. The van der Waals surface area contributed by atoms with Crippen LogP contribution in [0.25, 0.3) is 0 Å². The fraction of sp³-hybridized carbons (Fsp3) is 0.267. The summed E-state index contributed by atoms with van der Waals surface area (Å²) in [5, 5.41) is 0.585. The van der Waals surface area contributed by atoms with Gasteiger partial charge in [0.1, 0.15) is 5.75 Å². The second-order valence-corrected chi connectivity index (χ2v) is 5.13. The van der Waals surface area contributed by atoms with E-state index in [0.717, 1.165) is 17.5 Å². The smallest absolute Gasteiger partial charge is 0.219 e. The van der Waals surface area contributed by atoms with Gasteiger partial charge in [-0.05, 0) is 43.5 Å². The molecule has 2 rings (SSSR count). The van der Waals surface area contributed by atoms with Crippen LogP contribution in [0.1, 0.15) is 18.1 Å². The first-order chi connectivity index (χ1) is 9.04. The van der Waals surface area contributed by atoms with Gasteiger partial charge in [0.15, 0.2) is 0 Å². The normalized spacial score (nSPS) is 12.2. The van der Waals surface area contributed by atoms with Crippen molar-refractivity contribution in [3.05, 3.63) is 52.7 Å². The molecule has 0 aliphatic heterocycles. The van der Waals surface area contributed by atoms with E-state index in [1.165, 1.54) is 0 Å². The van der Waals surface area contributed by atoms with Gasteiger partial charge in [-0.15, -0.1) is 0 Å². The first-order valence-electron chi connectivity index (χ1n) is 6.19. The topological polar surface area (TPSA) is 48.1 Å². The molecule has 0 radical (unpaired) electrons. The minimum Gasteiger partial charge on any atom is -0.437 e. The van der Waals surface area contributed by atoms with Gasteiger partial charge in [-0.3, -0.25) is 0 Å². The molecule has 2 aromatic rings. The molecule has 1 heterocycles. The van der Waals surface area contributed by atoms with Crippen LogP contribution in [-0.2, 0) is 6.42 Å². The summed E-state index contributed by atoms with van der Waals surface area (Å²) >= 11 is 6.11. The number of rotatable bonds is 4. The van der Waals surface area contributed by atoms with Gasteiger partial charge in [-0.2, -0.15) is 0 Å². The molecule has 4 heteroatoms. The Balaban J connectivity index is 2.10. The van der Waals surface area contributed by atoms with Crippen molar-refractivity contribution in [2.45, 2.75) is 26.3 Å². The fourth-order valence-corrected chi connectivity index (χ4v) is 2.04. The van der Waals surface area contributed by atoms with Gasteiger partial charge in [0.25, 0.3) is 0 Å². The standard InChI is InChI=1S/C15H17ClN2O/c1-10-3-5-14(13(16)7-10)19-15-6-4-12(9-18-15)8-11(2)17/h3-7,9,11H,8,17H2,1-2H3. The molecule has 2 N–H and O–H groups in total. The Morgan fingerprint density at radius 3 is 2.68 bits per heavy atom. The highest BCUT2D eigenvalue weighted by molar-refractivity contribution is 6.32. The lowest BCUT2D eigenvalue weighted by atomic mass is 10.1. The molecule has 1 unspecified atom stereocenters. The molecule has 1 atom stereocenters. The highest BCUT2D eigenvalue weighted by Crippen LogP contribution is 2.29. The van der Waals surface area contributed by atoms with E-state index in [1.807, 2.05) is 44.2 Å². The van der Waals surface area contributed by atoms with Gasteiger partial charge in [0.05, 0.1) is 5.02 Å². The SMILES string of the molecule is Cc1ccc(Oc2ccc(CC(C)N)cn2)c(Cl)c1. The van der Waals surface area contributed by atoms with E-state index >= 15 is 0 Å². The van der Waals surface area contributed by atoms with Crippen molar-refractivity contribution in [3.8, 4) is 11.6 Å². The monoisotopic (exact) mass is 276 g/mol. The average molecular weight is 277 g/mol. The molecular weight excluding hydrogens is 260 g/mol. The number of aromatic nitrogens is 1. The van der Waals surface area contributed by atoms with Crippen LogP contribution in [0.15, 0.2) is 36.5 Å². The molecule has 1 aromatic carbocycles. The predicted molar refractivity (Wildman–Crippen MR) is 77.9 cm³/mol. The molecule has 0 saturated heterocycles. The number of aryl methyl sites for hydroxylation is 1. The maximum absolute atomic E-state index is 6.11. The van der Waals surface area contributed by atoms with Crippen LogP contribution in [0, 0.1) is 6.92 Å². The van der Waals surface area contributed by atoms with Crippen molar-refractivity contribution in [2.24, 2.45) is 5.73 Å². The molecule has 0 fully saturated rings. The predicted octanol–water partition coefficient (Wildman–Crippen LogP) is 3.73. The van der Waals surface area contributed by atoms with E-state index in [4.69, 9.17) is 22.1 Å². The van der Waals surface area contributed by atoms with Crippen LogP contribution in [-0.4, -0.2) is 11.0 Å². The van der Waals surface area contributed by atoms with Crippen molar-refractivity contribution >= 4 is 11.6 Å². The largest absolute Gasteiger partial charge is 0.437 e. The van der Waals surface area contributed by atoms with E-state index in [-0.39, 0.29) is 6.04 Å². The van der Waals surface area contributed by atoms with Crippen LogP contribution in [0.2, 0.25) is 5.02 Å². The van der Waals surface area contributed by atoms with Crippen LogP contribution in [0.4, 0.5) is 0 Å². The zero-order chi connectivity index (χ0) is 13.8. The summed E-state index contributed by atoms with van der Waals surface area (Å²) in [5.41, 5.74) is 7.93. The van der Waals surface area contributed by atoms with Gasteiger partial charge in [-0.25, -0.2) is 4.98 Å². The third kappa shape index (κ3) is 3.94. The van der Waals surface area contributed by atoms with E-state index in [0.29, 0.717) is 16.7 Å². The molecule has 0 aliphatic rings. The lowest BCUT2D eigenvalue weighted by Gasteiger charge is -2.08. The van der Waals surface area contributed by atoms with Gasteiger partial charge in [-0.1, -0.05) is 23.7 Å². The summed E-state index contributed by atoms with van der Waals surface area (Å²) in [7, 11) is 0. The fourth-order valence-electron chi connectivity index (χ4n) is 1.77. The number of nitrogens with zero attached hydrogens (tertiary/aromatic N) is 1. The summed E-state index contributed by atoms with van der Waals surface area (Å²) < 4.78 is 5.65. The Morgan fingerprint density at radius 2 is 2.11 bits per heavy atom. The van der Waals surface area contributed by atoms with Crippen LogP contribution in [0.5, 0.6) is 11.6 Å². The number of ether oxygens (including phenoxy) is 1. The van der Waals surface area contributed by atoms with E-state index in [1.54, 1.807) is 6.20 Å². The van der Waals surface area contributed by atoms with Crippen molar-refractivity contribution < 1.29 is 4.74 Å². The highest BCUT2D eigenvalue weighted by Gasteiger charge is 2.05. The zero-order valence-electron chi connectivity index (χ0n) is 11.1. The van der Waals surface area contributed by atoms with Crippen molar-refractivity contribution in [1.29, 1.82) is 0 Å². The summed E-state index contributed by atoms with van der Waals surface area (Å²) in [6.45, 7) is 3.95. The van der Waals surface area contributed by atoms with Crippen LogP contribution < -0.4 is 10.5 Å². The first kappa shape index (κ1) is 13.8. The van der Waals surface area contributed by atoms with Crippen molar-refractivity contribution in [2.75, 3.05) is 0 Å². The molecule has 0 bridgehead atoms. The minimum atomic E-state index is 0.125. The third-order valence-electron chi connectivity index (χ3n) is 2.66. The molecule has 1 aromatic heterocycles. The second-order valence-electron chi connectivity index (χ2n) is 4.72. The summed E-state index contributed by atoms with van der Waals surface area (Å²) in [5.74, 6) is 1.14. The second kappa shape index (κ2) is 6.04. The van der Waals surface area contributed by atoms with E-state index in [9.17, 15) is 0 Å². The average Bonchev–Trinajstić information content (AvgIpc) is 2.34. The number of hydrogen-bond acceptors (Lipinski definition) is 3. The Hall–Kier alpha value is -1.58. The lowest BCUT2D eigenvalue weighted by molar-refractivity contribution is 0.462. The van der Waals surface area contributed by atoms with Crippen molar-refractivity contribution in [3.63, 3.8) is 0 Å². The van der Waals surface area contributed by atoms with E-state index < -0.39 is 0 Å². The lowest BCUT2D eigenvalue weighted by Crippen LogP contribution is -2.17. The van der Waals surface area contributed by atoms with Gasteiger partial charge in [0.2, 0.25) is 5.88 Å². The molecule has 0 amide bonds. The quantitative estimate of drug-likeness (QED) is 0.926. The molecule has 0 aliphatic carbocycles. The summed E-state index contributed by atoms with van der Waals surface area (Å²) in [4.78, 5) is 4.25. The summed E-state index contributed by atoms with van der Waals surface area (Å²) in [6.07, 6.45) is 2.58. The maximum Gasteiger partial charge on any atom is 0.219 e. The van der Waals surface area contributed by atoms with Gasteiger partial charge < -0.3 is 10.5 Å². The number of hydrogen-bond donors (Lipinski definition) is 1. The van der Waals surface area contributed by atoms with Gasteiger partial charge in [0, 0.05) is 18.3 Å². The molecule has 3 nitrogen and oxygen atoms in total. The number of nitrogens with two attached hydrogens (primary N) is 1.